The Labute approximate surface area is 127 Å². The van der Waals surface area contributed by atoms with Crippen LogP contribution in [0.5, 0.6) is 0 Å². The summed E-state index contributed by atoms with van der Waals surface area (Å²) in [7, 11) is 0. The second-order valence-corrected chi connectivity index (χ2v) is 6.28. The van der Waals surface area contributed by atoms with Crippen molar-refractivity contribution in [3.8, 4) is 0 Å². The lowest BCUT2D eigenvalue weighted by molar-refractivity contribution is -0.121. The van der Waals surface area contributed by atoms with Gasteiger partial charge in [0.05, 0.1) is 12.2 Å². The molecule has 0 unspecified atom stereocenters. The van der Waals surface area contributed by atoms with E-state index in [0.717, 1.165) is 12.8 Å². The van der Waals surface area contributed by atoms with Gasteiger partial charge >= 0.3 is 0 Å². The van der Waals surface area contributed by atoms with E-state index in [0.29, 0.717) is 19.0 Å². The van der Waals surface area contributed by atoms with Crippen LogP contribution in [0.3, 0.4) is 0 Å². The van der Waals surface area contributed by atoms with Crippen molar-refractivity contribution < 1.29 is 4.79 Å². The molecule has 2 rings (SSSR count). The third kappa shape index (κ3) is 4.84. The quantitative estimate of drug-likeness (QED) is 0.810. The highest BCUT2D eigenvalue weighted by atomic mass is 16.1. The minimum absolute atomic E-state index is 0.171. The summed E-state index contributed by atoms with van der Waals surface area (Å²) in [6, 6.07) is 0.973. The van der Waals surface area contributed by atoms with E-state index in [4.69, 9.17) is 0 Å². The summed E-state index contributed by atoms with van der Waals surface area (Å²) < 4.78 is 1.98. The molecular formula is C16H28N4O. The van der Waals surface area contributed by atoms with Gasteiger partial charge in [0, 0.05) is 31.2 Å². The summed E-state index contributed by atoms with van der Waals surface area (Å²) in [4.78, 5) is 11.9. The molecule has 1 aliphatic rings. The maximum atomic E-state index is 11.9. The van der Waals surface area contributed by atoms with Crippen LogP contribution in [-0.4, -0.2) is 34.3 Å². The molecule has 2 atom stereocenters. The van der Waals surface area contributed by atoms with Crippen LogP contribution in [0.15, 0.2) is 12.4 Å². The standard InChI is InChI=1S/C16H28N4O/c1-12-10-18-20(11-12)14(3)13(2)17-9-8-16(21)19-15-6-4-5-7-15/h10-11,13-15,17H,4-9H2,1-3H3,(H,19,21)/t13-,14+/m0/s1. The third-order valence-corrected chi connectivity index (χ3v) is 4.41. The average molecular weight is 292 g/mol. The molecule has 1 saturated carbocycles. The van der Waals surface area contributed by atoms with E-state index < -0.39 is 0 Å². The van der Waals surface area contributed by atoms with Crippen molar-refractivity contribution in [1.29, 1.82) is 0 Å². The molecule has 1 aliphatic carbocycles. The van der Waals surface area contributed by atoms with Crippen LogP contribution in [-0.2, 0) is 4.79 Å². The third-order valence-electron chi connectivity index (χ3n) is 4.41. The zero-order valence-electron chi connectivity index (χ0n) is 13.4. The largest absolute Gasteiger partial charge is 0.353 e. The number of carbonyl (C=O) groups excluding carboxylic acids is 1. The zero-order valence-corrected chi connectivity index (χ0v) is 13.4. The molecule has 1 heterocycles. The molecule has 1 aromatic heterocycles. The second-order valence-electron chi connectivity index (χ2n) is 6.28. The zero-order chi connectivity index (χ0) is 15.2. The first kappa shape index (κ1) is 16.0. The van der Waals surface area contributed by atoms with Crippen LogP contribution in [0.2, 0.25) is 0 Å². The van der Waals surface area contributed by atoms with Gasteiger partial charge in [0.15, 0.2) is 0 Å². The summed E-state index contributed by atoms with van der Waals surface area (Å²) in [6.07, 6.45) is 9.26. The number of nitrogens with one attached hydrogen (secondary N) is 2. The Morgan fingerprint density at radius 3 is 2.76 bits per heavy atom. The normalized spacial score (nSPS) is 18.6. The van der Waals surface area contributed by atoms with Crippen LogP contribution in [0, 0.1) is 6.92 Å². The highest BCUT2D eigenvalue weighted by Gasteiger charge is 2.18. The van der Waals surface area contributed by atoms with E-state index in [-0.39, 0.29) is 18.0 Å². The Bertz CT molecular complexity index is 451. The molecule has 21 heavy (non-hydrogen) atoms. The lowest BCUT2D eigenvalue weighted by Gasteiger charge is -2.22. The molecule has 0 bridgehead atoms. The van der Waals surface area contributed by atoms with Gasteiger partial charge in [-0.15, -0.1) is 0 Å². The van der Waals surface area contributed by atoms with E-state index in [2.05, 4.69) is 35.8 Å². The second kappa shape index (κ2) is 7.59. The molecule has 5 heteroatoms. The molecule has 5 nitrogen and oxygen atoms in total. The summed E-state index contributed by atoms with van der Waals surface area (Å²) in [6.45, 7) is 7.03. The number of nitrogens with zero attached hydrogens (tertiary/aromatic N) is 2. The Balaban J connectivity index is 1.66. The van der Waals surface area contributed by atoms with Crippen LogP contribution in [0.4, 0.5) is 0 Å². The highest BCUT2D eigenvalue weighted by Crippen LogP contribution is 2.17. The van der Waals surface area contributed by atoms with Crippen molar-refractivity contribution in [2.45, 2.75) is 71.0 Å². The predicted molar refractivity (Wildman–Crippen MR) is 84.2 cm³/mol. The molecule has 0 aliphatic heterocycles. The van der Waals surface area contributed by atoms with E-state index in [1.54, 1.807) is 0 Å². The topological polar surface area (TPSA) is 59.0 Å². The molecular weight excluding hydrogens is 264 g/mol. The minimum Gasteiger partial charge on any atom is -0.353 e. The maximum Gasteiger partial charge on any atom is 0.221 e. The fraction of sp³-hybridized carbons (Fsp3) is 0.750. The van der Waals surface area contributed by atoms with Crippen molar-refractivity contribution in [2.75, 3.05) is 6.54 Å². The molecule has 2 N–H and O–H groups in total. The van der Waals surface area contributed by atoms with Crippen LogP contribution in [0.1, 0.15) is 57.6 Å². The maximum absolute atomic E-state index is 11.9. The van der Waals surface area contributed by atoms with Gasteiger partial charge in [-0.05, 0) is 39.2 Å². The van der Waals surface area contributed by atoms with Gasteiger partial charge in [0.1, 0.15) is 0 Å². The highest BCUT2D eigenvalue weighted by molar-refractivity contribution is 5.76. The van der Waals surface area contributed by atoms with Gasteiger partial charge in [-0.3, -0.25) is 9.48 Å². The Hall–Kier alpha value is -1.36. The van der Waals surface area contributed by atoms with Crippen LogP contribution < -0.4 is 10.6 Å². The average Bonchev–Trinajstić information content (AvgIpc) is 3.09. The van der Waals surface area contributed by atoms with Crippen molar-refractivity contribution in [2.24, 2.45) is 0 Å². The summed E-state index contributed by atoms with van der Waals surface area (Å²) in [5.74, 6) is 0.171. The number of aromatic nitrogens is 2. The van der Waals surface area contributed by atoms with E-state index >= 15 is 0 Å². The number of rotatable bonds is 7. The monoisotopic (exact) mass is 292 g/mol. The number of hydrogen-bond donors (Lipinski definition) is 2. The first-order valence-corrected chi connectivity index (χ1v) is 8.10. The predicted octanol–water partition coefficient (Wildman–Crippen LogP) is 2.18. The van der Waals surface area contributed by atoms with E-state index in [1.807, 2.05) is 17.8 Å². The Kier molecular flexibility index (Phi) is 5.79. The molecule has 118 valence electrons. The Morgan fingerprint density at radius 1 is 1.43 bits per heavy atom. The lowest BCUT2D eigenvalue weighted by atomic mass is 10.1. The number of carbonyl (C=O) groups is 1. The van der Waals surface area contributed by atoms with Gasteiger partial charge in [0.25, 0.3) is 0 Å². The van der Waals surface area contributed by atoms with Gasteiger partial charge in [0.2, 0.25) is 5.91 Å². The van der Waals surface area contributed by atoms with Gasteiger partial charge in [-0.25, -0.2) is 0 Å². The SMILES string of the molecule is Cc1cnn([C@H](C)[C@H](C)NCCC(=O)NC2CCCC2)c1. The summed E-state index contributed by atoms with van der Waals surface area (Å²) >= 11 is 0. The lowest BCUT2D eigenvalue weighted by Crippen LogP contribution is -2.38. The fourth-order valence-corrected chi connectivity index (χ4v) is 2.84. The van der Waals surface area contributed by atoms with Gasteiger partial charge in [-0.2, -0.15) is 5.10 Å². The summed E-state index contributed by atoms with van der Waals surface area (Å²) in [5.41, 5.74) is 1.17. The fourth-order valence-electron chi connectivity index (χ4n) is 2.84. The smallest absolute Gasteiger partial charge is 0.221 e. The van der Waals surface area contributed by atoms with Crippen molar-refractivity contribution in [3.05, 3.63) is 18.0 Å². The number of aryl methyl sites for hydroxylation is 1. The molecule has 1 aromatic rings. The van der Waals surface area contributed by atoms with E-state index in [1.165, 1.54) is 18.4 Å². The molecule has 0 radical (unpaired) electrons. The van der Waals surface area contributed by atoms with Gasteiger partial charge < -0.3 is 10.6 Å². The number of amides is 1. The first-order chi connectivity index (χ1) is 10.1. The molecule has 1 amide bonds. The van der Waals surface area contributed by atoms with Crippen molar-refractivity contribution in [3.63, 3.8) is 0 Å². The number of hydrogen-bond acceptors (Lipinski definition) is 3. The Morgan fingerprint density at radius 2 is 2.14 bits per heavy atom. The molecule has 0 aromatic carbocycles. The minimum atomic E-state index is 0.171. The van der Waals surface area contributed by atoms with Crippen LogP contribution >= 0.6 is 0 Å². The van der Waals surface area contributed by atoms with Crippen LogP contribution in [0.25, 0.3) is 0 Å². The van der Waals surface area contributed by atoms with Crippen molar-refractivity contribution in [1.82, 2.24) is 20.4 Å². The van der Waals surface area contributed by atoms with Crippen molar-refractivity contribution >= 4 is 5.91 Å². The van der Waals surface area contributed by atoms with E-state index in [9.17, 15) is 4.79 Å². The first-order valence-electron chi connectivity index (χ1n) is 8.10. The molecule has 0 saturated heterocycles. The summed E-state index contributed by atoms with van der Waals surface area (Å²) in [5, 5.41) is 10.9. The molecule has 0 spiro atoms. The molecule has 1 fully saturated rings. The van der Waals surface area contributed by atoms with Gasteiger partial charge in [-0.1, -0.05) is 12.8 Å².